The Balaban J connectivity index is 2.38. The minimum absolute atomic E-state index is 0.122. The lowest BCUT2D eigenvalue weighted by Gasteiger charge is -2.14. The number of benzene rings is 1. The van der Waals surface area contributed by atoms with Crippen molar-refractivity contribution in [2.45, 2.75) is 20.3 Å². The van der Waals surface area contributed by atoms with Crippen molar-refractivity contribution >= 4 is 34.5 Å². The van der Waals surface area contributed by atoms with Crippen LogP contribution in [0.5, 0.6) is 0 Å². The predicted octanol–water partition coefficient (Wildman–Crippen LogP) is 2.73. The van der Waals surface area contributed by atoms with E-state index in [1.165, 1.54) is 0 Å². The summed E-state index contributed by atoms with van der Waals surface area (Å²) in [7, 11) is 0. The van der Waals surface area contributed by atoms with Crippen LogP contribution in [0.3, 0.4) is 0 Å². The van der Waals surface area contributed by atoms with Gasteiger partial charge in [0, 0.05) is 22.4 Å². The van der Waals surface area contributed by atoms with Gasteiger partial charge in [-0.1, -0.05) is 11.6 Å². The monoisotopic (exact) mass is 352 g/mol. The lowest BCUT2D eigenvalue weighted by Crippen LogP contribution is -2.31. The Morgan fingerprint density at radius 3 is 2.33 bits per heavy atom. The maximum absolute atomic E-state index is 12.1. The first kappa shape index (κ1) is 18.0. The summed E-state index contributed by atoms with van der Waals surface area (Å²) in [6.07, 6.45) is -0.164. The van der Waals surface area contributed by atoms with E-state index in [-0.39, 0.29) is 25.2 Å². The molecular weight excluding hydrogens is 336 g/mol. The summed E-state index contributed by atoms with van der Waals surface area (Å²) < 4.78 is 15.0. The number of ether oxygens (including phenoxy) is 2. The van der Waals surface area contributed by atoms with Crippen LogP contribution >= 0.6 is 11.6 Å². The average molecular weight is 353 g/mol. The third-order valence-corrected chi connectivity index (χ3v) is 3.57. The Hall–Kier alpha value is -2.34. The van der Waals surface area contributed by atoms with Gasteiger partial charge in [-0.2, -0.15) is 0 Å². The van der Waals surface area contributed by atoms with Gasteiger partial charge in [-0.3, -0.25) is 9.59 Å². The molecule has 0 atom stereocenters. The molecule has 0 amide bonds. The first-order chi connectivity index (χ1) is 11.5. The van der Waals surface area contributed by atoms with Gasteiger partial charge in [0.1, 0.15) is 5.58 Å². The molecule has 6 nitrogen and oxygen atoms in total. The molecule has 7 heteroatoms. The van der Waals surface area contributed by atoms with Crippen molar-refractivity contribution in [2.75, 3.05) is 13.2 Å². The van der Waals surface area contributed by atoms with E-state index in [1.54, 1.807) is 38.1 Å². The van der Waals surface area contributed by atoms with Crippen molar-refractivity contribution in [3.63, 3.8) is 0 Å². The van der Waals surface area contributed by atoms with E-state index in [4.69, 9.17) is 25.5 Å². The summed E-state index contributed by atoms with van der Waals surface area (Å²) >= 11 is 5.93. The fraction of sp³-hybridized carbons (Fsp3) is 0.353. The number of esters is 2. The van der Waals surface area contributed by atoms with E-state index in [2.05, 4.69) is 0 Å². The van der Waals surface area contributed by atoms with Gasteiger partial charge < -0.3 is 13.9 Å². The second-order valence-corrected chi connectivity index (χ2v) is 5.44. The normalized spacial score (nSPS) is 10.8. The molecule has 0 saturated heterocycles. The number of hydrogen-bond acceptors (Lipinski definition) is 6. The highest BCUT2D eigenvalue weighted by atomic mass is 35.5. The number of halogens is 1. The second kappa shape index (κ2) is 7.97. The van der Waals surface area contributed by atoms with Crippen LogP contribution in [0.2, 0.25) is 5.02 Å². The minimum atomic E-state index is -1.22. The number of carbonyl (C=O) groups is 2. The molecule has 1 aromatic carbocycles. The average Bonchev–Trinajstić information content (AvgIpc) is 2.53. The van der Waals surface area contributed by atoms with E-state index in [1.807, 2.05) is 0 Å². The van der Waals surface area contributed by atoms with Crippen LogP contribution in [0.1, 0.15) is 19.4 Å². The first-order valence-electron chi connectivity index (χ1n) is 7.51. The molecule has 0 aliphatic heterocycles. The van der Waals surface area contributed by atoms with Gasteiger partial charge in [0.2, 0.25) is 0 Å². The van der Waals surface area contributed by atoms with Crippen molar-refractivity contribution in [3.8, 4) is 0 Å². The maximum atomic E-state index is 12.1. The van der Waals surface area contributed by atoms with E-state index >= 15 is 0 Å². The predicted molar refractivity (Wildman–Crippen MR) is 88.0 cm³/mol. The summed E-state index contributed by atoms with van der Waals surface area (Å²) in [5.74, 6) is -2.69. The molecule has 2 aromatic rings. The summed E-state index contributed by atoms with van der Waals surface area (Å²) in [5.41, 5.74) is -0.0729. The molecule has 0 saturated carbocycles. The second-order valence-electron chi connectivity index (χ2n) is 5.00. The molecule has 0 fully saturated rings. The Labute approximate surface area is 143 Å². The van der Waals surface area contributed by atoms with Crippen molar-refractivity contribution in [2.24, 2.45) is 5.92 Å². The zero-order valence-corrected chi connectivity index (χ0v) is 14.1. The van der Waals surface area contributed by atoms with Crippen molar-refractivity contribution in [1.29, 1.82) is 0 Å². The third-order valence-electron chi connectivity index (χ3n) is 3.33. The molecular formula is C17H17ClO6. The van der Waals surface area contributed by atoms with Crippen molar-refractivity contribution in [3.05, 3.63) is 45.3 Å². The molecule has 2 rings (SSSR count). The van der Waals surface area contributed by atoms with Crippen LogP contribution in [0, 0.1) is 5.92 Å². The molecule has 128 valence electrons. The standard InChI is InChI=1S/C17H17ClO6/c1-3-22-16(20)13(17(21)23-4-2)9-11-7-10-8-12(18)5-6-14(10)24-15(11)19/h5-8,13H,3-4,9H2,1-2H3. The first-order valence-corrected chi connectivity index (χ1v) is 7.89. The highest BCUT2D eigenvalue weighted by molar-refractivity contribution is 6.31. The van der Waals surface area contributed by atoms with Crippen LogP contribution in [0.25, 0.3) is 11.0 Å². The molecule has 0 N–H and O–H groups in total. The molecule has 1 heterocycles. The molecule has 0 unspecified atom stereocenters. The zero-order chi connectivity index (χ0) is 17.7. The van der Waals surface area contributed by atoms with Crippen molar-refractivity contribution < 1.29 is 23.5 Å². The maximum Gasteiger partial charge on any atom is 0.339 e. The minimum Gasteiger partial charge on any atom is -0.465 e. The van der Waals surface area contributed by atoms with Crippen molar-refractivity contribution in [1.82, 2.24) is 0 Å². The van der Waals surface area contributed by atoms with E-state index in [0.29, 0.717) is 16.0 Å². The Morgan fingerprint density at radius 1 is 1.12 bits per heavy atom. The third kappa shape index (κ3) is 4.14. The molecule has 1 aromatic heterocycles. The van der Waals surface area contributed by atoms with Gasteiger partial charge in [-0.25, -0.2) is 4.79 Å². The van der Waals surface area contributed by atoms with Gasteiger partial charge in [0.05, 0.1) is 13.2 Å². The van der Waals surface area contributed by atoms with Gasteiger partial charge in [-0.05, 0) is 38.1 Å². The molecule has 0 aliphatic rings. The van der Waals surface area contributed by atoms with E-state index in [0.717, 1.165) is 0 Å². The molecule has 0 spiro atoms. The summed E-state index contributed by atoms with van der Waals surface area (Å²) in [6, 6.07) is 6.37. The highest BCUT2D eigenvalue weighted by Gasteiger charge is 2.31. The fourth-order valence-electron chi connectivity index (χ4n) is 2.25. The summed E-state index contributed by atoms with van der Waals surface area (Å²) in [6.45, 7) is 3.51. The zero-order valence-electron chi connectivity index (χ0n) is 13.3. The number of fused-ring (bicyclic) bond motifs is 1. The number of rotatable bonds is 6. The summed E-state index contributed by atoms with van der Waals surface area (Å²) in [4.78, 5) is 36.1. The van der Waals surface area contributed by atoms with Gasteiger partial charge in [0.25, 0.3) is 0 Å². The fourth-order valence-corrected chi connectivity index (χ4v) is 2.43. The van der Waals surface area contributed by atoms with Gasteiger partial charge in [-0.15, -0.1) is 0 Å². The molecule has 24 heavy (non-hydrogen) atoms. The van der Waals surface area contributed by atoms with Gasteiger partial charge >= 0.3 is 17.6 Å². The Morgan fingerprint density at radius 2 is 1.75 bits per heavy atom. The van der Waals surface area contributed by atoms with E-state index < -0.39 is 23.5 Å². The van der Waals surface area contributed by atoms with Crippen LogP contribution in [0.4, 0.5) is 0 Å². The Bertz CT molecular complexity index is 792. The largest absolute Gasteiger partial charge is 0.465 e. The highest BCUT2D eigenvalue weighted by Crippen LogP contribution is 2.20. The van der Waals surface area contributed by atoms with Crippen LogP contribution in [-0.4, -0.2) is 25.2 Å². The van der Waals surface area contributed by atoms with Crippen LogP contribution in [0.15, 0.2) is 33.5 Å². The van der Waals surface area contributed by atoms with Crippen LogP contribution in [-0.2, 0) is 25.5 Å². The van der Waals surface area contributed by atoms with Gasteiger partial charge in [0.15, 0.2) is 5.92 Å². The smallest absolute Gasteiger partial charge is 0.339 e. The molecule has 0 radical (unpaired) electrons. The quantitative estimate of drug-likeness (QED) is 0.451. The van der Waals surface area contributed by atoms with Crippen LogP contribution < -0.4 is 5.63 Å². The number of hydrogen-bond donors (Lipinski definition) is 0. The molecule has 0 bridgehead atoms. The summed E-state index contributed by atoms with van der Waals surface area (Å²) in [5, 5.41) is 1.08. The lowest BCUT2D eigenvalue weighted by atomic mass is 10.00. The lowest BCUT2D eigenvalue weighted by molar-refractivity contribution is -0.161. The topological polar surface area (TPSA) is 82.8 Å². The number of carbonyl (C=O) groups excluding carboxylic acids is 2. The van der Waals surface area contributed by atoms with E-state index in [9.17, 15) is 14.4 Å². The Kier molecular flexibility index (Phi) is 5.98. The molecule has 0 aliphatic carbocycles. The SMILES string of the molecule is CCOC(=O)C(Cc1cc2cc(Cl)ccc2oc1=O)C(=O)OCC.